The molecule has 0 aliphatic carbocycles. The summed E-state index contributed by atoms with van der Waals surface area (Å²) < 4.78 is 90.6. The molecule has 0 unspecified atom stereocenters. The molecule has 0 bridgehead atoms. The molecule has 0 atom stereocenters. The maximum absolute atomic E-state index is 12.4. The summed E-state index contributed by atoms with van der Waals surface area (Å²) in [5, 5.41) is 0.0225. The lowest BCUT2D eigenvalue weighted by molar-refractivity contribution is -0.0499. The molecule has 0 aromatic heterocycles. The van der Waals surface area contributed by atoms with Crippen LogP contribution >= 0.6 is 0 Å². The van der Waals surface area contributed by atoms with Crippen LogP contribution in [0.4, 0.5) is 13.2 Å². The fraction of sp³-hybridized carbons (Fsp3) is 0.167. The third kappa shape index (κ3) is 3.85. The highest BCUT2D eigenvalue weighted by atomic mass is 32.2. The van der Waals surface area contributed by atoms with Crippen molar-refractivity contribution in [2.24, 2.45) is 0 Å². The van der Waals surface area contributed by atoms with Crippen LogP contribution in [0.3, 0.4) is 0 Å². The first-order valence-electron chi connectivity index (χ1n) is 5.83. The van der Waals surface area contributed by atoms with Gasteiger partial charge in [-0.05, 0) is 12.1 Å². The molecule has 0 spiro atoms. The average molecular weight is 370 g/mol. The van der Waals surface area contributed by atoms with E-state index < -0.39 is 31.5 Å². The molecule has 0 radical (unpaired) electrons. The Bertz CT molecular complexity index is 948. The van der Waals surface area contributed by atoms with Crippen LogP contribution in [-0.4, -0.2) is 28.6 Å². The molecule has 23 heavy (non-hydrogen) atoms. The summed E-state index contributed by atoms with van der Waals surface area (Å²) in [7, 11) is -9.73. The first-order valence-corrected chi connectivity index (χ1v) is 9.05. The summed E-state index contributed by atoms with van der Waals surface area (Å²) in [5.74, 6) is -0.765. The maximum atomic E-state index is 12.4. The van der Waals surface area contributed by atoms with Crippen molar-refractivity contribution in [3.63, 3.8) is 0 Å². The van der Waals surface area contributed by atoms with E-state index in [0.29, 0.717) is 0 Å². The molecule has 0 N–H and O–H groups in total. The second-order valence-electron chi connectivity index (χ2n) is 4.38. The molecular formula is C12H9F3O6S2. The van der Waals surface area contributed by atoms with Gasteiger partial charge in [-0.25, -0.2) is 0 Å². The zero-order chi connectivity index (χ0) is 17.5. The van der Waals surface area contributed by atoms with E-state index in [-0.39, 0.29) is 16.5 Å². The highest BCUT2D eigenvalue weighted by molar-refractivity contribution is 7.88. The van der Waals surface area contributed by atoms with Gasteiger partial charge in [0.2, 0.25) is 0 Å². The predicted octanol–water partition coefficient (Wildman–Crippen LogP) is 2.41. The molecular weight excluding hydrogens is 361 g/mol. The molecule has 2 aromatic rings. The van der Waals surface area contributed by atoms with E-state index in [1.54, 1.807) is 0 Å². The molecule has 0 saturated heterocycles. The number of rotatable bonds is 4. The van der Waals surface area contributed by atoms with Gasteiger partial charge in [0.1, 0.15) is 0 Å². The number of benzene rings is 2. The summed E-state index contributed by atoms with van der Waals surface area (Å²) in [6, 6.07) is 7.39. The van der Waals surface area contributed by atoms with Gasteiger partial charge in [0.05, 0.1) is 6.26 Å². The lowest BCUT2D eigenvalue weighted by Crippen LogP contribution is -2.28. The Morgan fingerprint density at radius 1 is 0.826 bits per heavy atom. The number of hydrogen-bond acceptors (Lipinski definition) is 6. The number of fused-ring (bicyclic) bond motifs is 1. The Balaban J connectivity index is 2.59. The van der Waals surface area contributed by atoms with Crippen LogP contribution in [0.2, 0.25) is 0 Å². The smallest absolute Gasteiger partial charge is 0.382 e. The second kappa shape index (κ2) is 5.57. The Labute approximate surface area is 129 Å². The summed E-state index contributed by atoms with van der Waals surface area (Å²) in [5.41, 5.74) is -5.59. The van der Waals surface area contributed by atoms with E-state index in [1.165, 1.54) is 30.3 Å². The molecule has 0 heterocycles. The highest BCUT2D eigenvalue weighted by Crippen LogP contribution is 2.35. The van der Waals surface area contributed by atoms with Gasteiger partial charge in [-0.15, -0.1) is 0 Å². The predicted molar refractivity (Wildman–Crippen MR) is 75.0 cm³/mol. The molecule has 0 saturated carbocycles. The van der Waals surface area contributed by atoms with Crippen molar-refractivity contribution in [2.75, 3.05) is 6.26 Å². The third-order valence-corrected chi connectivity index (χ3v) is 4.01. The van der Waals surface area contributed by atoms with E-state index >= 15 is 0 Å². The van der Waals surface area contributed by atoms with Crippen molar-refractivity contribution in [3.8, 4) is 11.5 Å². The van der Waals surface area contributed by atoms with E-state index in [9.17, 15) is 30.0 Å². The SMILES string of the molecule is CS(=O)(=O)Oc1cccc2c(OS(=O)(=O)C(F)(F)F)cccc12. The summed E-state index contributed by atoms with van der Waals surface area (Å²) in [6.45, 7) is 0. The summed E-state index contributed by atoms with van der Waals surface area (Å²) >= 11 is 0. The Morgan fingerprint density at radius 3 is 1.65 bits per heavy atom. The van der Waals surface area contributed by atoms with Crippen molar-refractivity contribution in [3.05, 3.63) is 36.4 Å². The molecule has 2 rings (SSSR count). The van der Waals surface area contributed by atoms with Crippen molar-refractivity contribution in [2.45, 2.75) is 5.51 Å². The average Bonchev–Trinajstić information content (AvgIpc) is 2.36. The Hall–Kier alpha value is -2.01. The van der Waals surface area contributed by atoms with Crippen LogP contribution in [0.5, 0.6) is 11.5 Å². The molecule has 126 valence electrons. The lowest BCUT2D eigenvalue weighted by Gasteiger charge is -2.12. The molecule has 0 fully saturated rings. The van der Waals surface area contributed by atoms with Gasteiger partial charge in [-0.2, -0.15) is 30.0 Å². The van der Waals surface area contributed by atoms with Crippen LogP contribution in [0.15, 0.2) is 36.4 Å². The first-order chi connectivity index (χ1) is 10.4. The van der Waals surface area contributed by atoms with Gasteiger partial charge < -0.3 is 8.37 Å². The van der Waals surface area contributed by atoms with Crippen LogP contribution in [-0.2, 0) is 20.2 Å². The van der Waals surface area contributed by atoms with Crippen LogP contribution in [0.25, 0.3) is 10.8 Å². The zero-order valence-corrected chi connectivity index (χ0v) is 13.0. The van der Waals surface area contributed by atoms with Crippen molar-refractivity contribution in [1.29, 1.82) is 0 Å². The van der Waals surface area contributed by atoms with Gasteiger partial charge >= 0.3 is 25.7 Å². The van der Waals surface area contributed by atoms with Gasteiger partial charge in [0.25, 0.3) is 0 Å². The van der Waals surface area contributed by atoms with Crippen molar-refractivity contribution in [1.82, 2.24) is 0 Å². The van der Waals surface area contributed by atoms with Crippen molar-refractivity contribution < 1.29 is 38.4 Å². The monoisotopic (exact) mass is 370 g/mol. The summed E-state index contributed by atoms with van der Waals surface area (Å²) in [4.78, 5) is 0. The second-order valence-corrected chi connectivity index (χ2v) is 7.49. The minimum Gasteiger partial charge on any atom is -0.382 e. The van der Waals surface area contributed by atoms with Gasteiger partial charge in [-0.3, -0.25) is 0 Å². The van der Waals surface area contributed by atoms with Crippen molar-refractivity contribution >= 4 is 31.0 Å². The van der Waals surface area contributed by atoms with Gasteiger partial charge in [0, 0.05) is 10.8 Å². The van der Waals surface area contributed by atoms with E-state index in [1.807, 2.05) is 0 Å². The van der Waals surface area contributed by atoms with Crippen LogP contribution < -0.4 is 8.37 Å². The fourth-order valence-corrected chi connectivity index (χ4v) is 2.67. The van der Waals surface area contributed by atoms with E-state index in [2.05, 4.69) is 4.18 Å². The highest BCUT2D eigenvalue weighted by Gasteiger charge is 2.48. The maximum Gasteiger partial charge on any atom is 0.534 e. The molecule has 2 aromatic carbocycles. The standard InChI is InChI=1S/C12H9F3O6S2/c1-22(16,17)20-10-6-2-5-9-8(10)4-3-7-11(9)21-23(18,19)12(13,14)15/h2-7H,1H3. The quantitative estimate of drug-likeness (QED) is 0.607. The van der Waals surface area contributed by atoms with E-state index in [4.69, 9.17) is 4.18 Å². The molecule has 0 aliphatic rings. The molecule has 11 heteroatoms. The molecule has 0 amide bonds. The Kier molecular flexibility index (Phi) is 4.20. The first kappa shape index (κ1) is 17.3. The summed E-state index contributed by atoms with van der Waals surface area (Å²) in [6.07, 6.45) is 0.792. The lowest BCUT2D eigenvalue weighted by atomic mass is 10.1. The number of hydrogen-bond donors (Lipinski definition) is 0. The Morgan fingerprint density at radius 2 is 1.26 bits per heavy atom. The number of alkyl halides is 3. The largest absolute Gasteiger partial charge is 0.534 e. The third-order valence-electron chi connectivity index (χ3n) is 2.57. The molecule has 6 nitrogen and oxygen atoms in total. The van der Waals surface area contributed by atoms with Crippen LogP contribution in [0.1, 0.15) is 0 Å². The normalized spacial score (nSPS) is 13.0. The van der Waals surface area contributed by atoms with E-state index in [0.717, 1.165) is 12.3 Å². The minimum atomic E-state index is -5.85. The number of halogens is 3. The zero-order valence-electron chi connectivity index (χ0n) is 11.4. The minimum absolute atomic E-state index is 0.0542. The fourth-order valence-electron chi connectivity index (χ4n) is 1.73. The van der Waals surface area contributed by atoms with Crippen LogP contribution in [0, 0.1) is 0 Å². The van der Waals surface area contributed by atoms with Gasteiger partial charge in [0.15, 0.2) is 11.5 Å². The van der Waals surface area contributed by atoms with Gasteiger partial charge in [-0.1, -0.05) is 24.3 Å². The molecule has 0 aliphatic heterocycles. The topological polar surface area (TPSA) is 86.7 Å².